The first-order chi connectivity index (χ1) is 11.8. The van der Waals surface area contributed by atoms with Gasteiger partial charge in [0.05, 0.1) is 6.10 Å². The SMILES string of the molecule is CCOC1CC(NC(=NC)NC2CC2c2ccccc2)C12CCC2. The van der Waals surface area contributed by atoms with Crippen molar-refractivity contribution in [3.8, 4) is 0 Å². The van der Waals surface area contributed by atoms with Crippen LogP contribution in [0, 0.1) is 5.41 Å². The van der Waals surface area contributed by atoms with E-state index in [1.807, 2.05) is 7.05 Å². The number of guanidine groups is 1. The Balaban J connectivity index is 1.32. The van der Waals surface area contributed by atoms with Gasteiger partial charge in [0, 0.05) is 37.1 Å². The van der Waals surface area contributed by atoms with Crippen LogP contribution in [0.15, 0.2) is 35.3 Å². The molecule has 0 radical (unpaired) electrons. The largest absolute Gasteiger partial charge is 0.378 e. The fourth-order valence-electron chi connectivity index (χ4n) is 4.58. The molecule has 1 aromatic carbocycles. The van der Waals surface area contributed by atoms with Gasteiger partial charge < -0.3 is 15.4 Å². The first kappa shape index (κ1) is 15.9. The number of hydrogen-bond donors (Lipinski definition) is 2. The minimum absolute atomic E-state index is 0.371. The van der Waals surface area contributed by atoms with Crippen LogP contribution < -0.4 is 10.6 Å². The number of nitrogens with one attached hydrogen (secondary N) is 2. The number of nitrogens with zero attached hydrogens (tertiary/aromatic N) is 1. The van der Waals surface area contributed by atoms with Gasteiger partial charge in [0.1, 0.15) is 0 Å². The molecule has 4 atom stereocenters. The van der Waals surface area contributed by atoms with Gasteiger partial charge >= 0.3 is 0 Å². The van der Waals surface area contributed by atoms with Gasteiger partial charge in [-0.25, -0.2) is 0 Å². The summed E-state index contributed by atoms with van der Waals surface area (Å²) in [5.74, 6) is 1.59. The molecule has 2 N–H and O–H groups in total. The fraction of sp³-hybridized carbons (Fsp3) is 0.650. The van der Waals surface area contributed by atoms with Gasteiger partial charge in [-0.3, -0.25) is 4.99 Å². The molecule has 0 heterocycles. The van der Waals surface area contributed by atoms with E-state index in [9.17, 15) is 0 Å². The van der Waals surface area contributed by atoms with Crippen molar-refractivity contribution in [2.24, 2.45) is 10.4 Å². The summed E-state index contributed by atoms with van der Waals surface area (Å²) < 4.78 is 5.95. The van der Waals surface area contributed by atoms with Crippen molar-refractivity contribution in [2.75, 3.05) is 13.7 Å². The summed E-state index contributed by atoms with van der Waals surface area (Å²) in [5, 5.41) is 7.31. The zero-order valence-corrected chi connectivity index (χ0v) is 14.8. The smallest absolute Gasteiger partial charge is 0.191 e. The molecule has 1 aromatic rings. The lowest BCUT2D eigenvalue weighted by atomic mass is 9.51. The summed E-state index contributed by atoms with van der Waals surface area (Å²) >= 11 is 0. The van der Waals surface area contributed by atoms with Crippen molar-refractivity contribution < 1.29 is 4.74 Å². The van der Waals surface area contributed by atoms with Gasteiger partial charge in [-0.1, -0.05) is 36.8 Å². The molecule has 4 heteroatoms. The number of rotatable bonds is 5. The zero-order valence-electron chi connectivity index (χ0n) is 14.8. The van der Waals surface area contributed by atoms with E-state index in [0.717, 1.165) is 19.0 Å². The molecule has 3 aliphatic rings. The molecule has 4 rings (SSSR count). The number of aliphatic imine (C=N–C) groups is 1. The number of benzene rings is 1. The van der Waals surface area contributed by atoms with Crippen LogP contribution in [-0.2, 0) is 4.74 Å². The lowest BCUT2D eigenvalue weighted by Gasteiger charge is -2.61. The third kappa shape index (κ3) is 2.71. The zero-order chi connectivity index (χ0) is 16.6. The average Bonchev–Trinajstić information content (AvgIpc) is 3.31. The minimum atomic E-state index is 0.371. The van der Waals surface area contributed by atoms with Gasteiger partial charge in [-0.05, 0) is 38.2 Å². The Kier molecular flexibility index (Phi) is 4.25. The fourth-order valence-corrected chi connectivity index (χ4v) is 4.58. The van der Waals surface area contributed by atoms with Crippen LogP contribution in [0.4, 0.5) is 0 Å². The van der Waals surface area contributed by atoms with Crippen LogP contribution >= 0.6 is 0 Å². The molecule has 3 fully saturated rings. The van der Waals surface area contributed by atoms with Gasteiger partial charge in [0.2, 0.25) is 0 Å². The van der Waals surface area contributed by atoms with Gasteiger partial charge in [0.15, 0.2) is 5.96 Å². The van der Waals surface area contributed by atoms with Crippen LogP contribution in [0.5, 0.6) is 0 Å². The van der Waals surface area contributed by atoms with E-state index in [2.05, 4.69) is 52.9 Å². The van der Waals surface area contributed by atoms with Crippen molar-refractivity contribution in [3.05, 3.63) is 35.9 Å². The molecule has 0 saturated heterocycles. The molecule has 3 saturated carbocycles. The van der Waals surface area contributed by atoms with Crippen molar-refractivity contribution in [3.63, 3.8) is 0 Å². The van der Waals surface area contributed by atoms with Gasteiger partial charge in [-0.2, -0.15) is 0 Å². The van der Waals surface area contributed by atoms with Gasteiger partial charge in [0.25, 0.3) is 0 Å². The summed E-state index contributed by atoms with van der Waals surface area (Å²) in [6, 6.07) is 11.8. The van der Waals surface area contributed by atoms with Crippen LogP contribution in [0.3, 0.4) is 0 Å². The summed E-state index contributed by atoms with van der Waals surface area (Å²) in [4.78, 5) is 4.47. The van der Waals surface area contributed by atoms with E-state index in [1.54, 1.807) is 0 Å². The summed E-state index contributed by atoms with van der Waals surface area (Å²) in [7, 11) is 1.88. The molecular weight excluding hydrogens is 298 g/mol. The monoisotopic (exact) mass is 327 g/mol. The highest BCUT2D eigenvalue weighted by Crippen LogP contribution is 2.57. The quantitative estimate of drug-likeness (QED) is 0.645. The lowest BCUT2D eigenvalue weighted by molar-refractivity contribution is -0.168. The Morgan fingerprint density at radius 1 is 1.21 bits per heavy atom. The molecule has 4 unspecified atom stereocenters. The maximum Gasteiger partial charge on any atom is 0.191 e. The molecular formula is C20H29N3O. The Bertz CT molecular complexity index is 596. The predicted molar refractivity (Wildman–Crippen MR) is 97.3 cm³/mol. The molecule has 0 aromatic heterocycles. The summed E-state index contributed by atoms with van der Waals surface area (Å²) in [5.41, 5.74) is 1.80. The van der Waals surface area contributed by atoms with Crippen molar-refractivity contribution in [1.82, 2.24) is 10.6 Å². The molecule has 3 aliphatic carbocycles. The highest BCUT2D eigenvalue weighted by molar-refractivity contribution is 5.81. The Labute approximate surface area is 145 Å². The third-order valence-corrected chi connectivity index (χ3v) is 6.31. The van der Waals surface area contributed by atoms with Crippen molar-refractivity contribution in [1.29, 1.82) is 0 Å². The maximum absolute atomic E-state index is 5.95. The van der Waals surface area contributed by atoms with E-state index in [1.165, 1.54) is 31.2 Å². The van der Waals surface area contributed by atoms with E-state index in [4.69, 9.17) is 4.74 Å². The van der Waals surface area contributed by atoms with Crippen molar-refractivity contribution >= 4 is 5.96 Å². The molecule has 1 spiro atoms. The van der Waals surface area contributed by atoms with Gasteiger partial charge in [-0.15, -0.1) is 0 Å². The normalized spacial score (nSPS) is 33.5. The topological polar surface area (TPSA) is 45.6 Å². The highest BCUT2D eigenvalue weighted by Gasteiger charge is 2.59. The maximum atomic E-state index is 5.95. The van der Waals surface area contributed by atoms with Crippen molar-refractivity contribution in [2.45, 2.75) is 63.1 Å². The average molecular weight is 327 g/mol. The Hall–Kier alpha value is -1.55. The number of hydrogen-bond acceptors (Lipinski definition) is 2. The molecule has 0 bridgehead atoms. The second kappa shape index (κ2) is 6.40. The Morgan fingerprint density at radius 2 is 2.00 bits per heavy atom. The van der Waals surface area contributed by atoms with E-state index in [0.29, 0.717) is 29.5 Å². The molecule has 0 aliphatic heterocycles. The van der Waals surface area contributed by atoms with Crippen LogP contribution in [0.1, 0.15) is 50.5 Å². The second-order valence-corrected chi connectivity index (χ2v) is 7.54. The highest BCUT2D eigenvalue weighted by atomic mass is 16.5. The molecule has 24 heavy (non-hydrogen) atoms. The molecule has 0 amide bonds. The van der Waals surface area contributed by atoms with E-state index >= 15 is 0 Å². The summed E-state index contributed by atoms with van der Waals surface area (Å²) in [6.07, 6.45) is 6.69. The van der Waals surface area contributed by atoms with Crippen LogP contribution in [0.2, 0.25) is 0 Å². The van der Waals surface area contributed by atoms with Crippen LogP contribution in [-0.4, -0.2) is 37.8 Å². The summed E-state index contributed by atoms with van der Waals surface area (Å²) in [6.45, 7) is 2.93. The first-order valence-electron chi connectivity index (χ1n) is 9.43. The first-order valence-corrected chi connectivity index (χ1v) is 9.43. The van der Waals surface area contributed by atoms with E-state index in [-0.39, 0.29) is 0 Å². The lowest BCUT2D eigenvalue weighted by Crippen LogP contribution is -2.68. The van der Waals surface area contributed by atoms with Crippen LogP contribution in [0.25, 0.3) is 0 Å². The Morgan fingerprint density at radius 3 is 2.62 bits per heavy atom. The molecule has 4 nitrogen and oxygen atoms in total. The van der Waals surface area contributed by atoms with E-state index < -0.39 is 0 Å². The standard InChI is InChI=1S/C20H29N3O/c1-3-24-18-13-17(20(18)10-7-11-20)23-19(21-2)22-16-12-15(16)14-8-5-4-6-9-14/h4-6,8-9,15-18H,3,7,10-13H2,1-2H3,(H2,21,22,23). The minimum Gasteiger partial charge on any atom is -0.378 e. The number of ether oxygens (including phenoxy) is 1. The third-order valence-electron chi connectivity index (χ3n) is 6.31. The predicted octanol–water partition coefficient (Wildman–Crippen LogP) is 3.06. The second-order valence-electron chi connectivity index (χ2n) is 7.54. The molecule has 130 valence electrons.